The molecule has 0 aliphatic rings. The van der Waals surface area contributed by atoms with Crippen molar-refractivity contribution in [3.8, 4) is 11.8 Å². The fourth-order valence-electron chi connectivity index (χ4n) is 1.64. The van der Waals surface area contributed by atoms with Gasteiger partial charge in [0.15, 0.2) is 0 Å². The van der Waals surface area contributed by atoms with Crippen molar-refractivity contribution >= 4 is 23.1 Å². The number of aromatic nitrogens is 1. The van der Waals surface area contributed by atoms with E-state index < -0.39 is 0 Å². The number of methoxy groups -OCH3 is 1. The molecule has 0 aliphatic carbocycles. The Morgan fingerprint density at radius 2 is 2.22 bits per heavy atom. The van der Waals surface area contributed by atoms with E-state index in [4.69, 9.17) is 27.0 Å². The smallest absolute Gasteiger partial charge is 0.139 e. The molecule has 0 amide bonds. The molecular formula is C13H12N2O2S. The van der Waals surface area contributed by atoms with Crippen LogP contribution in [0, 0.1) is 15.8 Å². The Kier molecular flexibility index (Phi) is 3.92. The molecule has 2 aromatic rings. The Labute approximate surface area is 110 Å². The number of fused-ring (bicyclic) bond motifs is 1. The minimum absolute atomic E-state index is 0.407. The second-order valence-corrected chi connectivity index (χ2v) is 4.13. The van der Waals surface area contributed by atoms with Crippen molar-refractivity contribution < 1.29 is 9.47 Å². The molecule has 18 heavy (non-hydrogen) atoms. The molecule has 1 heterocycles. The maximum Gasteiger partial charge on any atom is 0.139 e. The molecule has 0 atom stereocenters. The van der Waals surface area contributed by atoms with Crippen molar-refractivity contribution in [2.45, 2.75) is 0 Å². The Morgan fingerprint density at radius 1 is 1.39 bits per heavy atom. The van der Waals surface area contributed by atoms with E-state index in [1.54, 1.807) is 31.5 Å². The molecule has 2 rings (SSSR count). The Hall–Kier alpha value is -1.90. The first-order valence-corrected chi connectivity index (χ1v) is 5.84. The van der Waals surface area contributed by atoms with Crippen LogP contribution >= 0.6 is 12.2 Å². The van der Waals surface area contributed by atoms with Crippen LogP contribution in [0.1, 0.15) is 5.56 Å². The summed E-state index contributed by atoms with van der Waals surface area (Å²) in [6.45, 7) is 0.887. The van der Waals surface area contributed by atoms with Crippen molar-refractivity contribution in [3.63, 3.8) is 0 Å². The minimum atomic E-state index is 0.407. The van der Waals surface area contributed by atoms with E-state index >= 15 is 0 Å². The zero-order valence-electron chi connectivity index (χ0n) is 9.90. The van der Waals surface area contributed by atoms with E-state index in [-0.39, 0.29) is 0 Å². The number of nitrogens with zero attached hydrogens (tertiary/aromatic N) is 1. The minimum Gasteiger partial charge on any atom is -0.490 e. The number of H-pyrrole nitrogens is 1. The predicted molar refractivity (Wildman–Crippen MR) is 71.2 cm³/mol. The topological polar surface area (TPSA) is 58.0 Å². The van der Waals surface area contributed by atoms with Crippen LogP contribution in [0.2, 0.25) is 0 Å². The van der Waals surface area contributed by atoms with Crippen molar-refractivity contribution in [1.29, 1.82) is 5.26 Å². The fraction of sp³-hybridized carbons (Fsp3) is 0.231. The van der Waals surface area contributed by atoms with Gasteiger partial charge >= 0.3 is 0 Å². The molecule has 0 saturated carbocycles. The van der Waals surface area contributed by atoms with Crippen LogP contribution in [0.4, 0.5) is 0 Å². The van der Waals surface area contributed by atoms with Gasteiger partial charge in [-0.1, -0.05) is 12.2 Å². The highest BCUT2D eigenvalue weighted by Gasteiger charge is 2.07. The molecule has 0 saturated heterocycles. The molecule has 0 fully saturated rings. The maximum absolute atomic E-state index is 9.12. The lowest BCUT2D eigenvalue weighted by atomic mass is 10.1. The molecule has 0 unspecified atom stereocenters. The quantitative estimate of drug-likeness (QED) is 0.678. The van der Waals surface area contributed by atoms with E-state index in [9.17, 15) is 0 Å². The summed E-state index contributed by atoms with van der Waals surface area (Å²) in [6, 6.07) is 7.45. The summed E-state index contributed by atoms with van der Waals surface area (Å²) in [4.78, 5) is 3.09. The van der Waals surface area contributed by atoms with Gasteiger partial charge in [0.25, 0.3) is 0 Å². The molecular weight excluding hydrogens is 248 g/mol. The number of aromatic amines is 1. The van der Waals surface area contributed by atoms with Crippen molar-refractivity contribution in [2.24, 2.45) is 0 Å². The van der Waals surface area contributed by atoms with Gasteiger partial charge in [0.05, 0.1) is 17.7 Å². The summed E-state index contributed by atoms with van der Waals surface area (Å²) in [7, 11) is 1.60. The predicted octanol–water partition coefficient (Wildman–Crippen LogP) is 2.79. The third kappa shape index (κ3) is 2.50. The molecule has 92 valence electrons. The zero-order chi connectivity index (χ0) is 13.0. The van der Waals surface area contributed by atoms with Gasteiger partial charge in [0.1, 0.15) is 18.4 Å². The third-order valence-corrected chi connectivity index (χ3v) is 2.88. The number of hydrogen-bond acceptors (Lipinski definition) is 4. The highest BCUT2D eigenvalue weighted by atomic mass is 32.1. The van der Waals surface area contributed by atoms with Crippen LogP contribution in [-0.2, 0) is 4.74 Å². The van der Waals surface area contributed by atoms with E-state index in [1.165, 1.54) is 0 Å². The molecule has 1 aromatic carbocycles. The first-order valence-electron chi connectivity index (χ1n) is 5.43. The van der Waals surface area contributed by atoms with Crippen LogP contribution in [-0.4, -0.2) is 25.3 Å². The number of nitrogens with one attached hydrogen (secondary N) is 1. The first-order chi connectivity index (χ1) is 8.76. The van der Waals surface area contributed by atoms with Crippen molar-refractivity contribution in [2.75, 3.05) is 20.3 Å². The maximum atomic E-state index is 9.12. The lowest BCUT2D eigenvalue weighted by Crippen LogP contribution is -2.05. The first kappa shape index (κ1) is 12.6. The van der Waals surface area contributed by atoms with Gasteiger partial charge in [-0.25, -0.2) is 0 Å². The number of rotatable bonds is 4. The molecule has 0 radical (unpaired) electrons. The second kappa shape index (κ2) is 5.63. The Balaban J connectivity index is 2.47. The molecule has 4 nitrogen and oxygen atoms in total. The van der Waals surface area contributed by atoms with Crippen LogP contribution in [0.5, 0.6) is 5.75 Å². The number of pyridine rings is 1. The monoisotopic (exact) mass is 260 g/mol. The van der Waals surface area contributed by atoms with Gasteiger partial charge in [0.2, 0.25) is 0 Å². The third-order valence-electron chi connectivity index (χ3n) is 2.52. The number of benzene rings is 1. The highest BCUT2D eigenvalue weighted by molar-refractivity contribution is 7.71. The summed E-state index contributed by atoms with van der Waals surface area (Å²) in [6.07, 6.45) is 1.77. The van der Waals surface area contributed by atoms with Crippen molar-refractivity contribution in [1.82, 2.24) is 4.98 Å². The van der Waals surface area contributed by atoms with Gasteiger partial charge in [0, 0.05) is 29.3 Å². The number of nitriles is 1. The fourth-order valence-corrected chi connectivity index (χ4v) is 1.88. The summed E-state index contributed by atoms with van der Waals surface area (Å²) in [5.74, 6) is 0.541. The average Bonchev–Trinajstić information content (AvgIpc) is 2.39. The van der Waals surface area contributed by atoms with Gasteiger partial charge < -0.3 is 14.5 Å². The molecule has 0 bridgehead atoms. The molecule has 5 heteroatoms. The Morgan fingerprint density at radius 3 is 2.94 bits per heavy atom. The highest BCUT2D eigenvalue weighted by Crippen LogP contribution is 2.25. The molecule has 0 aliphatic heterocycles. The number of hydrogen-bond donors (Lipinski definition) is 1. The largest absolute Gasteiger partial charge is 0.490 e. The summed E-state index contributed by atoms with van der Waals surface area (Å²) in [5.41, 5.74) is 1.33. The number of ether oxygens (including phenoxy) is 2. The lowest BCUT2D eigenvalue weighted by molar-refractivity contribution is 0.146. The standard InChI is InChI=1S/C13H12N2O2S/c1-16-4-5-17-12-7-11-10(6-9(12)8-14)13(18)2-3-15-11/h2-3,6-7H,4-5H2,1H3,(H,15,18). The average molecular weight is 260 g/mol. The summed E-state index contributed by atoms with van der Waals surface area (Å²) in [5, 5.41) is 9.97. The van der Waals surface area contributed by atoms with E-state index in [0.717, 1.165) is 10.9 Å². The molecule has 1 N–H and O–H groups in total. The van der Waals surface area contributed by atoms with Crippen molar-refractivity contribution in [3.05, 3.63) is 34.5 Å². The SMILES string of the molecule is COCCOc1cc2[nH]ccc(=S)c2cc1C#N. The summed E-state index contributed by atoms with van der Waals surface area (Å²) < 4.78 is 11.1. The molecule has 0 spiro atoms. The summed E-state index contributed by atoms with van der Waals surface area (Å²) >= 11 is 5.22. The second-order valence-electron chi connectivity index (χ2n) is 3.69. The van der Waals surface area contributed by atoms with Crippen LogP contribution < -0.4 is 4.74 Å². The van der Waals surface area contributed by atoms with Gasteiger partial charge in [-0.2, -0.15) is 5.26 Å². The van der Waals surface area contributed by atoms with Crippen LogP contribution in [0.25, 0.3) is 10.9 Å². The van der Waals surface area contributed by atoms with Gasteiger partial charge in [-0.3, -0.25) is 0 Å². The van der Waals surface area contributed by atoms with E-state index in [2.05, 4.69) is 11.1 Å². The van der Waals surface area contributed by atoms with Crippen LogP contribution in [0.15, 0.2) is 24.4 Å². The van der Waals surface area contributed by atoms with E-state index in [0.29, 0.717) is 29.0 Å². The normalized spacial score (nSPS) is 10.2. The van der Waals surface area contributed by atoms with Crippen LogP contribution in [0.3, 0.4) is 0 Å². The Bertz CT molecular complexity index is 658. The van der Waals surface area contributed by atoms with Gasteiger partial charge in [-0.05, 0) is 12.1 Å². The lowest BCUT2D eigenvalue weighted by Gasteiger charge is -2.08. The molecule has 1 aromatic heterocycles. The zero-order valence-corrected chi connectivity index (χ0v) is 10.7. The van der Waals surface area contributed by atoms with Gasteiger partial charge in [-0.15, -0.1) is 0 Å². The van der Waals surface area contributed by atoms with E-state index in [1.807, 2.05) is 0 Å².